The molecule has 0 radical (unpaired) electrons. The molecule has 2 unspecified atom stereocenters. The highest BCUT2D eigenvalue weighted by molar-refractivity contribution is 7.94. The molecule has 0 aromatic heterocycles. The van der Waals surface area contributed by atoms with E-state index in [9.17, 15) is 27.6 Å². The number of β-lactam (4-membered cyclic amide) rings is 1. The maximum absolute atomic E-state index is 13.1. The molecule has 0 bridgehead atoms. The lowest BCUT2D eigenvalue weighted by atomic mass is 9.96. The molecule has 1 aromatic rings. The average molecular weight is 468 g/mol. The first-order chi connectivity index (χ1) is 14.9. The van der Waals surface area contributed by atoms with Gasteiger partial charge >= 0.3 is 18.0 Å². The molecule has 1 aromatic carbocycles. The van der Waals surface area contributed by atoms with Gasteiger partial charge in [0.15, 0.2) is 15.2 Å². The van der Waals surface area contributed by atoms with Gasteiger partial charge in [-0.3, -0.25) is 9.59 Å². The molecule has 2 aliphatic heterocycles. The molecule has 1 N–H and O–H groups in total. The molecular weight excluding hydrogens is 444 g/mol. The number of hydrogen-bond donors (Lipinski definition) is 1. The lowest BCUT2D eigenvalue weighted by Gasteiger charge is -2.42. The molecule has 11 nitrogen and oxygen atoms in total. The van der Waals surface area contributed by atoms with Gasteiger partial charge in [0.25, 0.3) is 0 Å². The Morgan fingerprint density at radius 1 is 1.16 bits per heavy atom. The zero-order valence-corrected chi connectivity index (χ0v) is 18.7. The van der Waals surface area contributed by atoms with E-state index in [0.29, 0.717) is 5.56 Å². The predicted octanol–water partition coefficient (Wildman–Crippen LogP) is 0.478. The maximum Gasteiger partial charge on any atom is 0.408 e. The normalized spacial score (nSPS) is 25.7. The quantitative estimate of drug-likeness (QED) is 0.358. The Bertz CT molecular complexity index is 1040. The Labute approximate surface area is 184 Å². The number of nitrogens with zero attached hydrogens (tertiary/aromatic N) is 1. The Balaban J connectivity index is 1.72. The summed E-state index contributed by atoms with van der Waals surface area (Å²) in [4.78, 5) is 49.4. The van der Waals surface area contributed by atoms with Crippen LogP contribution in [0.3, 0.4) is 0 Å². The number of amides is 2. The first-order valence-corrected chi connectivity index (χ1v) is 11.3. The molecule has 3 rings (SSSR count). The number of rotatable bonds is 6. The van der Waals surface area contributed by atoms with Crippen molar-refractivity contribution in [2.24, 2.45) is 0 Å². The largest absolute Gasteiger partial charge is 0.445 e. The summed E-state index contributed by atoms with van der Waals surface area (Å²) in [7, 11) is -4.09. The van der Waals surface area contributed by atoms with E-state index in [-0.39, 0.29) is 6.61 Å². The lowest BCUT2D eigenvalue weighted by molar-refractivity contribution is -0.190. The number of esters is 2. The number of carbonyl (C=O) groups is 4. The number of carbonyl (C=O) groups excluding carboxylic acids is 4. The van der Waals surface area contributed by atoms with Crippen LogP contribution >= 0.6 is 0 Å². The van der Waals surface area contributed by atoms with Gasteiger partial charge in [-0.15, -0.1) is 0 Å². The molecule has 2 aliphatic rings. The highest BCUT2D eigenvalue weighted by Gasteiger charge is 2.73. The minimum Gasteiger partial charge on any atom is -0.445 e. The summed E-state index contributed by atoms with van der Waals surface area (Å²) < 4.78 is 39.3. The number of fused-ring (bicyclic) bond motifs is 1. The van der Waals surface area contributed by atoms with Crippen molar-refractivity contribution in [2.75, 3.05) is 0 Å². The number of benzene rings is 1. The van der Waals surface area contributed by atoms with Crippen LogP contribution in [-0.2, 0) is 45.0 Å². The van der Waals surface area contributed by atoms with Gasteiger partial charge in [-0.1, -0.05) is 30.3 Å². The summed E-state index contributed by atoms with van der Waals surface area (Å²) in [6.45, 7) is 4.93. The van der Waals surface area contributed by atoms with Crippen LogP contribution in [0, 0.1) is 0 Å². The number of hydrogen-bond acceptors (Lipinski definition) is 9. The van der Waals surface area contributed by atoms with Crippen LogP contribution in [0.5, 0.6) is 0 Å². The van der Waals surface area contributed by atoms with Crippen molar-refractivity contribution in [3.8, 4) is 0 Å². The smallest absolute Gasteiger partial charge is 0.408 e. The predicted molar refractivity (Wildman–Crippen MR) is 108 cm³/mol. The fourth-order valence-corrected chi connectivity index (χ4v) is 6.01. The van der Waals surface area contributed by atoms with Crippen LogP contribution in [0.15, 0.2) is 30.3 Å². The second-order valence-corrected chi connectivity index (χ2v) is 10.6. The third-order valence-electron chi connectivity index (χ3n) is 5.39. The number of ether oxygens (including phenoxy) is 3. The first kappa shape index (κ1) is 23.5. The molecule has 2 heterocycles. The van der Waals surface area contributed by atoms with Crippen molar-refractivity contribution in [3.05, 3.63) is 35.9 Å². The van der Waals surface area contributed by atoms with E-state index in [0.717, 1.165) is 11.8 Å². The summed E-state index contributed by atoms with van der Waals surface area (Å²) in [5, 5.41) is 0.826. The molecule has 174 valence electrons. The molecule has 4 atom stereocenters. The van der Waals surface area contributed by atoms with Gasteiger partial charge in [0.05, 0.1) is 0 Å². The minimum absolute atomic E-state index is 0.0663. The highest BCUT2D eigenvalue weighted by atomic mass is 32.2. The number of alkyl carbamates (subject to hydrolysis) is 1. The molecule has 2 amide bonds. The van der Waals surface area contributed by atoms with E-state index in [2.05, 4.69) is 5.32 Å². The second-order valence-electron chi connectivity index (χ2n) is 7.98. The summed E-state index contributed by atoms with van der Waals surface area (Å²) in [6.07, 6.45) is -2.23. The molecular formula is C20H24N2O9S. The topological polar surface area (TPSA) is 145 Å². The van der Waals surface area contributed by atoms with Gasteiger partial charge in [0.1, 0.15) is 23.4 Å². The third-order valence-corrected chi connectivity index (χ3v) is 8.22. The van der Waals surface area contributed by atoms with Crippen molar-refractivity contribution < 1.29 is 41.8 Å². The lowest BCUT2D eigenvalue weighted by Crippen LogP contribution is -2.72. The zero-order valence-electron chi connectivity index (χ0n) is 17.9. The van der Waals surface area contributed by atoms with Gasteiger partial charge < -0.3 is 24.4 Å². The van der Waals surface area contributed by atoms with Crippen molar-refractivity contribution in [1.29, 1.82) is 0 Å². The Kier molecular flexibility index (Phi) is 6.18. The van der Waals surface area contributed by atoms with Crippen LogP contribution < -0.4 is 5.32 Å². The molecule has 12 heteroatoms. The average Bonchev–Trinajstić information content (AvgIpc) is 2.84. The van der Waals surface area contributed by atoms with Gasteiger partial charge in [-0.2, -0.15) is 0 Å². The fraction of sp³-hybridized carbons (Fsp3) is 0.500. The number of nitrogens with one attached hydrogen (secondary N) is 1. The molecule has 0 aliphatic carbocycles. The fourth-order valence-electron chi connectivity index (χ4n) is 3.80. The Morgan fingerprint density at radius 2 is 1.78 bits per heavy atom. The maximum atomic E-state index is 13.1. The van der Waals surface area contributed by atoms with E-state index in [1.54, 1.807) is 30.3 Å². The standard InChI is InChI=1S/C20H24N2O9S/c1-11(23)30-12(2)31-18(25)15-20(3,4)32(27,28)17-14(16(24)22(15)17)21-19(26)29-10-13-8-6-5-7-9-13/h5-9,12,14-15,17H,10H2,1-4H3,(H,21,26)/t12?,14?,15-,17+/m0/s1. The summed E-state index contributed by atoms with van der Waals surface area (Å²) in [5.41, 5.74) is 0.712. The van der Waals surface area contributed by atoms with E-state index in [1.165, 1.54) is 20.8 Å². The van der Waals surface area contributed by atoms with Gasteiger partial charge in [-0.25, -0.2) is 18.0 Å². The Morgan fingerprint density at radius 3 is 2.38 bits per heavy atom. The van der Waals surface area contributed by atoms with Crippen LogP contribution in [0.4, 0.5) is 4.79 Å². The van der Waals surface area contributed by atoms with E-state index >= 15 is 0 Å². The van der Waals surface area contributed by atoms with Crippen molar-refractivity contribution in [2.45, 2.75) is 62.8 Å². The monoisotopic (exact) mass is 468 g/mol. The molecule has 2 fully saturated rings. The molecule has 0 saturated carbocycles. The molecule has 2 saturated heterocycles. The van der Waals surface area contributed by atoms with Crippen molar-refractivity contribution >= 4 is 33.8 Å². The van der Waals surface area contributed by atoms with E-state index in [4.69, 9.17) is 14.2 Å². The summed E-state index contributed by atoms with van der Waals surface area (Å²) >= 11 is 0. The van der Waals surface area contributed by atoms with Crippen LogP contribution in [0.2, 0.25) is 0 Å². The third kappa shape index (κ3) is 4.01. The van der Waals surface area contributed by atoms with Crippen LogP contribution in [0.1, 0.15) is 33.3 Å². The van der Waals surface area contributed by atoms with Gasteiger partial charge in [-0.05, 0) is 19.4 Å². The first-order valence-electron chi connectivity index (χ1n) is 9.78. The second kappa shape index (κ2) is 8.41. The Hall–Kier alpha value is -3.15. The summed E-state index contributed by atoms with van der Waals surface area (Å²) in [6, 6.07) is 5.93. The number of sulfone groups is 1. The van der Waals surface area contributed by atoms with E-state index < -0.39 is 62.3 Å². The van der Waals surface area contributed by atoms with Crippen LogP contribution in [-0.4, -0.2) is 65.8 Å². The van der Waals surface area contributed by atoms with E-state index in [1.807, 2.05) is 0 Å². The zero-order chi connectivity index (χ0) is 23.8. The minimum atomic E-state index is -4.09. The van der Waals surface area contributed by atoms with Gasteiger partial charge in [0, 0.05) is 13.8 Å². The van der Waals surface area contributed by atoms with Crippen LogP contribution in [0.25, 0.3) is 0 Å². The van der Waals surface area contributed by atoms with Crippen molar-refractivity contribution in [1.82, 2.24) is 10.2 Å². The SMILES string of the molecule is CC(=O)OC(C)OC(=O)[C@@H]1N2C(=O)C(NC(=O)OCc3ccccc3)[C@H]2S(=O)(=O)C1(C)C. The molecule has 0 spiro atoms. The van der Waals surface area contributed by atoms with Crippen molar-refractivity contribution in [3.63, 3.8) is 0 Å². The van der Waals surface area contributed by atoms with Gasteiger partial charge in [0.2, 0.25) is 12.2 Å². The molecule has 32 heavy (non-hydrogen) atoms. The highest BCUT2D eigenvalue weighted by Crippen LogP contribution is 2.46. The summed E-state index contributed by atoms with van der Waals surface area (Å²) in [5.74, 6) is -2.49.